The number of aromatic amines is 1. The van der Waals surface area contributed by atoms with E-state index < -0.39 is 0 Å². The zero-order valence-electron chi connectivity index (χ0n) is 17.5. The summed E-state index contributed by atoms with van der Waals surface area (Å²) in [4.78, 5) is 13.3. The van der Waals surface area contributed by atoms with Gasteiger partial charge in [0.1, 0.15) is 11.5 Å². The number of para-hydroxylation sites is 1. The van der Waals surface area contributed by atoms with E-state index in [9.17, 15) is 4.79 Å². The summed E-state index contributed by atoms with van der Waals surface area (Å²) >= 11 is 0. The highest BCUT2D eigenvalue weighted by Gasteiger charge is 2.18. The fourth-order valence-corrected chi connectivity index (χ4v) is 3.22. The Bertz CT molecular complexity index is 1270. The molecule has 1 aromatic heterocycles. The van der Waals surface area contributed by atoms with Crippen LogP contribution < -0.4 is 15.0 Å². The molecule has 0 saturated carbocycles. The summed E-state index contributed by atoms with van der Waals surface area (Å²) in [5.74, 6) is 1.45. The third-order valence-corrected chi connectivity index (χ3v) is 4.94. The number of rotatable bonds is 6. The number of hydrogen-bond acceptors (Lipinski definition) is 5. The van der Waals surface area contributed by atoms with Crippen LogP contribution in [-0.4, -0.2) is 24.0 Å². The molecule has 7 nitrogen and oxygen atoms in total. The van der Waals surface area contributed by atoms with Gasteiger partial charge in [-0.2, -0.15) is 5.11 Å². The van der Waals surface area contributed by atoms with Crippen molar-refractivity contribution in [3.05, 3.63) is 88.7 Å². The van der Waals surface area contributed by atoms with Gasteiger partial charge in [0.2, 0.25) is 0 Å². The minimum atomic E-state index is -0.280. The van der Waals surface area contributed by atoms with Crippen LogP contribution in [0.4, 0.5) is 11.4 Å². The van der Waals surface area contributed by atoms with Crippen molar-refractivity contribution in [1.29, 1.82) is 0 Å². The van der Waals surface area contributed by atoms with Crippen LogP contribution in [0, 0.1) is 6.92 Å². The van der Waals surface area contributed by atoms with Gasteiger partial charge in [-0.3, -0.25) is 9.89 Å². The first-order valence-corrected chi connectivity index (χ1v) is 9.72. The summed E-state index contributed by atoms with van der Waals surface area (Å²) in [7, 11) is 3.21. The summed E-state index contributed by atoms with van der Waals surface area (Å²) in [6.45, 7) is 1.95. The predicted molar refractivity (Wildman–Crippen MR) is 120 cm³/mol. The number of azo groups is 1. The Labute approximate surface area is 179 Å². The number of hydrogen-bond donors (Lipinski definition) is 1. The number of aryl methyl sites for hydroxylation is 1. The molecule has 0 radical (unpaired) electrons. The Morgan fingerprint density at radius 3 is 2.03 bits per heavy atom. The number of methoxy groups -OCH3 is 2. The monoisotopic (exact) mass is 414 g/mol. The summed E-state index contributed by atoms with van der Waals surface area (Å²) in [6, 6.07) is 22.2. The minimum Gasteiger partial charge on any atom is -0.497 e. The molecule has 1 heterocycles. The maximum Gasteiger partial charge on any atom is 0.299 e. The Kier molecular flexibility index (Phi) is 5.66. The highest BCUT2D eigenvalue weighted by molar-refractivity contribution is 5.72. The van der Waals surface area contributed by atoms with Crippen molar-refractivity contribution in [3.8, 4) is 28.4 Å². The van der Waals surface area contributed by atoms with Crippen LogP contribution in [0.25, 0.3) is 16.9 Å². The van der Waals surface area contributed by atoms with E-state index in [1.165, 1.54) is 4.68 Å². The van der Waals surface area contributed by atoms with E-state index in [1.807, 2.05) is 55.5 Å². The van der Waals surface area contributed by atoms with Crippen LogP contribution in [-0.2, 0) is 0 Å². The lowest BCUT2D eigenvalue weighted by molar-refractivity contribution is 0.414. The Balaban J connectivity index is 1.83. The standard InChI is InChI=1S/C24H22N4O3/c1-16-6-4-5-7-21(16)28-24(29)23(26-25-18-10-14-20(31-3)15-11-18)22(27-28)17-8-12-19(30-2)13-9-17/h4-15,27H,1-3H3. The first kappa shape index (κ1) is 20.2. The first-order valence-electron chi connectivity index (χ1n) is 9.72. The molecule has 0 aliphatic rings. The second-order valence-electron chi connectivity index (χ2n) is 6.89. The zero-order chi connectivity index (χ0) is 21.8. The van der Waals surface area contributed by atoms with Crippen molar-refractivity contribution in [3.63, 3.8) is 0 Å². The van der Waals surface area contributed by atoms with E-state index in [2.05, 4.69) is 15.3 Å². The molecule has 3 aromatic carbocycles. The normalized spacial score (nSPS) is 11.1. The fourth-order valence-electron chi connectivity index (χ4n) is 3.22. The molecule has 7 heteroatoms. The highest BCUT2D eigenvalue weighted by atomic mass is 16.5. The van der Waals surface area contributed by atoms with Gasteiger partial charge in [0, 0.05) is 5.56 Å². The molecule has 0 unspecified atom stereocenters. The summed E-state index contributed by atoms with van der Waals surface area (Å²) in [6.07, 6.45) is 0. The minimum absolute atomic E-state index is 0.226. The second kappa shape index (κ2) is 8.71. The van der Waals surface area contributed by atoms with Crippen LogP contribution in [0.3, 0.4) is 0 Å². The molecule has 0 aliphatic heterocycles. The molecule has 0 saturated heterocycles. The fraction of sp³-hybridized carbons (Fsp3) is 0.125. The van der Waals surface area contributed by atoms with Gasteiger partial charge in [0.15, 0.2) is 5.69 Å². The number of nitrogens with one attached hydrogen (secondary N) is 1. The average Bonchev–Trinajstić information content (AvgIpc) is 3.14. The van der Waals surface area contributed by atoms with Gasteiger partial charge in [-0.1, -0.05) is 18.2 Å². The molecule has 0 aliphatic carbocycles. The third kappa shape index (κ3) is 4.11. The molecule has 4 aromatic rings. The molecular weight excluding hydrogens is 392 g/mol. The summed E-state index contributed by atoms with van der Waals surface area (Å²) < 4.78 is 11.9. The molecule has 0 amide bonds. The molecule has 0 spiro atoms. The third-order valence-electron chi connectivity index (χ3n) is 4.94. The van der Waals surface area contributed by atoms with Crippen LogP contribution >= 0.6 is 0 Å². The van der Waals surface area contributed by atoms with Crippen molar-refractivity contribution >= 4 is 11.4 Å². The highest BCUT2D eigenvalue weighted by Crippen LogP contribution is 2.30. The quantitative estimate of drug-likeness (QED) is 0.419. The number of benzene rings is 3. The van der Waals surface area contributed by atoms with E-state index in [1.54, 1.807) is 38.5 Å². The van der Waals surface area contributed by atoms with Gasteiger partial charge in [-0.05, 0) is 67.1 Å². The van der Waals surface area contributed by atoms with Crippen molar-refractivity contribution in [1.82, 2.24) is 9.78 Å². The number of nitrogens with zero attached hydrogens (tertiary/aromatic N) is 3. The van der Waals surface area contributed by atoms with E-state index in [0.29, 0.717) is 11.4 Å². The number of ether oxygens (including phenoxy) is 2. The van der Waals surface area contributed by atoms with E-state index in [4.69, 9.17) is 9.47 Å². The van der Waals surface area contributed by atoms with Gasteiger partial charge >= 0.3 is 0 Å². The van der Waals surface area contributed by atoms with Crippen molar-refractivity contribution in [2.75, 3.05) is 14.2 Å². The van der Waals surface area contributed by atoms with E-state index >= 15 is 0 Å². The van der Waals surface area contributed by atoms with Crippen LogP contribution in [0.15, 0.2) is 87.8 Å². The lowest BCUT2D eigenvalue weighted by Gasteiger charge is -2.05. The lowest BCUT2D eigenvalue weighted by atomic mass is 10.1. The number of H-pyrrole nitrogens is 1. The topological polar surface area (TPSA) is 81.0 Å². The first-order chi connectivity index (χ1) is 15.1. The van der Waals surface area contributed by atoms with Crippen molar-refractivity contribution in [2.24, 2.45) is 10.2 Å². The maximum atomic E-state index is 13.3. The van der Waals surface area contributed by atoms with Gasteiger partial charge < -0.3 is 9.47 Å². The molecule has 156 valence electrons. The molecule has 0 atom stereocenters. The van der Waals surface area contributed by atoms with Crippen molar-refractivity contribution in [2.45, 2.75) is 6.92 Å². The van der Waals surface area contributed by atoms with Crippen LogP contribution in [0.1, 0.15) is 5.56 Å². The Morgan fingerprint density at radius 2 is 1.42 bits per heavy atom. The van der Waals surface area contributed by atoms with Gasteiger partial charge in [-0.15, -0.1) is 5.11 Å². The van der Waals surface area contributed by atoms with Crippen molar-refractivity contribution < 1.29 is 9.47 Å². The maximum absolute atomic E-state index is 13.3. The van der Waals surface area contributed by atoms with Crippen LogP contribution in [0.2, 0.25) is 0 Å². The van der Waals surface area contributed by atoms with E-state index in [0.717, 1.165) is 28.3 Å². The van der Waals surface area contributed by atoms with Gasteiger partial charge in [-0.25, -0.2) is 4.68 Å². The largest absolute Gasteiger partial charge is 0.497 e. The molecule has 0 fully saturated rings. The predicted octanol–water partition coefficient (Wildman–Crippen LogP) is 5.57. The lowest BCUT2D eigenvalue weighted by Crippen LogP contribution is -2.15. The molecular formula is C24H22N4O3. The smallest absolute Gasteiger partial charge is 0.299 e. The zero-order valence-corrected chi connectivity index (χ0v) is 17.5. The summed E-state index contributed by atoms with van der Waals surface area (Å²) in [5.41, 5.74) is 3.66. The molecule has 0 bridgehead atoms. The van der Waals surface area contributed by atoms with Crippen LogP contribution in [0.5, 0.6) is 11.5 Å². The molecule has 4 rings (SSSR count). The summed E-state index contributed by atoms with van der Waals surface area (Å²) in [5, 5.41) is 11.8. The molecule has 31 heavy (non-hydrogen) atoms. The van der Waals surface area contributed by atoms with Gasteiger partial charge in [0.25, 0.3) is 5.56 Å². The van der Waals surface area contributed by atoms with Gasteiger partial charge in [0.05, 0.1) is 31.3 Å². The Morgan fingerprint density at radius 1 is 0.806 bits per heavy atom. The molecule has 1 N–H and O–H groups in total. The average molecular weight is 414 g/mol. The second-order valence-corrected chi connectivity index (χ2v) is 6.89. The Hall–Kier alpha value is -4.13. The number of aromatic nitrogens is 2. The SMILES string of the molecule is COc1ccc(N=Nc2c(-c3ccc(OC)cc3)[nH]n(-c3ccccc3C)c2=O)cc1. The van der Waals surface area contributed by atoms with E-state index in [-0.39, 0.29) is 11.2 Å².